The van der Waals surface area contributed by atoms with Crippen molar-refractivity contribution in [3.8, 4) is 5.75 Å². The summed E-state index contributed by atoms with van der Waals surface area (Å²) in [4.78, 5) is 38.0. The minimum absolute atomic E-state index is 0.272. The van der Waals surface area contributed by atoms with Crippen molar-refractivity contribution in [3.63, 3.8) is 0 Å². The zero-order valence-corrected chi connectivity index (χ0v) is 19.4. The Morgan fingerprint density at radius 2 is 1.71 bits per heavy atom. The summed E-state index contributed by atoms with van der Waals surface area (Å²) in [5.74, 6) is -3.89. The normalized spacial score (nSPS) is 30.8. The summed E-state index contributed by atoms with van der Waals surface area (Å²) >= 11 is 0. The molecule has 2 aromatic rings. The van der Waals surface area contributed by atoms with Crippen LogP contribution in [0.5, 0.6) is 5.75 Å². The van der Waals surface area contributed by atoms with Crippen molar-refractivity contribution in [1.29, 1.82) is 0 Å². The lowest BCUT2D eigenvalue weighted by Crippen LogP contribution is -2.54. The molecule has 0 spiro atoms. The molecule has 184 valence electrons. The van der Waals surface area contributed by atoms with Gasteiger partial charge < -0.3 is 33.7 Å². The van der Waals surface area contributed by atoms with Crippen molar-refractivity contribution in [1.82, 2.24) is 0 Å². The lowest BCUT2D eigenvalue weighted by Gasteiger charge is -2.40. The summed E-state index contributed by atoms with van der Waals surface area (Å²) in [5.41, 5.74) is 1.76. The third kappa shape index (κ3) is 3.83. The minimum atomic E-state index is -1.82. The molecule has 2 aromatic carbocycles. The number of anilines is 1. The molecule has 0 saturated carbocycles. The van der Waals surface area contributed by atoms with Gasteiger partial charge in [-0.2, -0.15) is 0 Å². The predicted molar refractivity (Wildman–Crippen MR) is 119 cm³/mol. The van der Waals surface area contributed by atoms with Gasteiger partial charge >= 0.3 is 11.9 Å². The van der Waals surface area contributed by atoms with Gasteiger partial charge in [0, 0.05) is 18.4 Å². The van der Waals surface area contributed by atoms with Gasteiger partial charge in [-0.25, -0.2) is 4.79 Å². The third-order valence-electron chi connectivity index (χ3n) is 6.72. The van der Waals surface area contributed by atoms with E-state index in [0.29, 0.717) is 29.0 Å². The van der Waals surface area contributed by atoms with Gasteiger partial charge in [0.05, 0.1) is 32.2 Å². The Morgan fingerprint density at radius 3 is 2.34 bits per heavy atom. The van der Waals surface area contributed by atoms with E-state index in [2.05, 4.69) is 5.32 Å². The lowest BCUT2D eigenvalue weighted by atomic mass is 9.77. The summed E-state index contributed by atoms with van der Waals surface area (Å²) in [6.45, 7) is 0. The Bertz CT molecular complexity index is 1130. The summed E-state index contributed by atoms with van der Waals surface area (Å²) in [6.07, 6.45) is -2.05. The maximum absolute atomic E-state index is 12.8. The average Bonchev–Trinajstić information content (AvgIpc) is 3.40. The molecule has 3 aliphatic rings. The van der Waals surface area contributed by atoms with Crippen LogP contribution in [-0.2, 0) is 33.3 Å². The molecule has 6 atom stereocenters. The molecule has 0 bridgehead atoms. The van der Waals surface area contributed by atoms with E-state index in [1.165, 1.54) is 14.2 Å². The van der Waals surface area contributed by atoms with Crippen LogP contribution in [0.2, 0.25) is 0 Å². The first-order chi connectivity index (χ1) is 16.9. The van der Waals surface area contributed by atoms with E-state index in [1.54, 1.807) is 55.6 Å². The number of benzene rings is 2. The van der Waals surface area contributed by atoms with E-state index in [1.807, 2.05) is 0 Å². The van der Waals surface area contributed by atoms with Gasteiger partial charge in [0.1, 0.15) is 5.75 Å². The number of hydrogen-bond acceptors (Lipinski definition) is 9. The largest absolute Gasteiger partial charge is 0.497 e. The van der Waals surface area contributed by atoms with Gasteiger partial charge in [-0.15, -0.1) is 0 Å². The highest BCUT2D eigenvalue weighted by Gasteiger charge is 2.73. The van der Waals surface area contributed by atoms with Gasteiger partial charge in [0.2, 0.25) is 0 Å². The van der Waals surface area contributed by atoms with E-state index in [-0.39, 0.29) is 5.91 Å². The molecule has 10 nitrogen and oxygen atoms in total. The number of ether oxygens (including phenoxy) is 6. The molecule has 3 aliphatic heterocycles. The molecule has 3 saturated heterocycles. The molecule has 1 amide bonds. The number of rotatable bonds is 6. The zero-order chi connectivity index (χ0) is 24.7. The number of amides is 1. The molecule has 3 fully saturated rings. The molecule has 10 heteroatoms. The first kappa shape index (κ1) is 23.3. The van der Waals surface area contributed by atoms with Gasteiger partial charge in [0.25, 0.3) is 11.7 Å². The second kappa shape index (κ2) is 8.95. The average molecular weight is 483 g/mol. The second-order valence-electron chi connectivity index (χ2n) is 8.56. The predicted octanol–water partition coefficient (Wildman–Crippen LogP) is 2.44. The van der Waals surface area contributed by atoms with Gasteiger partial charge in [-0.3, -0.25) is 9.59 Å². The van der Waals surface area contributed by atoms with E-state index in [0.717, 1.165) is 0 Å². The summed E-state index contributed by atoms with van der Waals surface area (Å²) in [6, 6.07) is 13.7. The van der Waals surface area contributed by atoms with Crippen molar-refractivity contribution >= 4 is 23.5 Å². The molecule has 0 radical (unpaired) electrons. The van der Waals surface area contributed by atoms with Crippen LogP contribution in [0.25, 0.3) is 0 Å². The van der Waals surface area contributed by atoms with Crippen LogP contribution in [0.3, 0.4) is 0 Å². The number of methoxy groups -OCH3 is 3. The molecule has 5 rings (SSSR count). The van der Waals surface area contributed by atoms with Crippen molar-refractivity contribution in [2.45, 2.75) is 30.7 Å². The first-order valence-corrected chi connectivity index (χ1v) is 11.1. The minimum Gasteiger partial charge on any atom is -0.497 e. The molecule has 0 aliphatic carbocycles. The smallest absolute Gasteiger partial charge is 0.367 e. The van der Waals surface area contributed by atoms with Crippen LogP contribution < -0.4 is 10.1 Å². The van der Waals surface area contributed by atoms with Crippen LogP contribution in [0.4, 0.5) is 5.69 Å². The Morgan fingerprint density at radius 1 is 1.00 bits per heavy atom. The van der Waals surface area contributed by atoms with Crippen molar-refractivity contribution in [2.75, 3.05) is 26.6 Å². The highest BCUT2D eigenvalue weighted by molar-refractivity contribution is 6.04. The Balaban J connectivity index is 1.36. The van der Waals surface area contributed by atoms with Crippen molar-refractivity contribution < 1.29 is 42.8 Å². The monoisotopic (exact) mass is 483 g/mol. The molecular weight excluding hydrogens is 458 g/mol. The van der Waals surface area contributed by atoms with Crippen LogP contribution in [0.1, 0.15) is 28.4 Å². The van der Waals surface area contributed by atoms with Crippen LogP contribution >= 0.6 is 0 Å². The van der Waals surface area contributed by atoms with Gasteiger partial charge in [-0.1, -0.05) is 12.1 Å². The van der Waals surface area contributed by atoms with Crippen LogP contribution in [-0.4, -0.2) is 57.4 Å². The van der Waals surface area contributed by atoms with Crippen molar-refractivity contribution in [2.24, 2.45) is 11.8 Å². The van der Waals surface area contributed by atoms with E-state index in [4.69, 9.17) is 28.4 Å². The van der Waals surface area contributed by atoms with E-state index < -0.39 is 48.1 Å². The summed E-state index contributed by atoms with van der Waals surface area (Å²) < 4.78 is 33.0. The topological polar surface area (TPSA) is 119 Å². The summed E-state index contributed by atoms with van der Waals surface area (Å²) in [7, 11) is 4.20. The second-order valence-corrected chi connectivity index (χ2v) is 8.56. The molecular formula is C25H25NO9. The van der Waals surface area contributed by atoms with Gasteiger partial charge in [0.15, 0.2) is 12.4 Å². The molecule has 0 unspecified atom stereocenters. The number of hydrogen-bond donors (Lipinski definition) is 1. The molecule has 3 heterocycles. The fourth-order valence-electron chi connectivity index (χ4n) is 5.02. The quantitative estimate of drug-likeness (QED) is 0.618. The van der Waals surface area contributed by atoms with Crippen LogP contribution in [0, 0.1) is 11.8 Å². The maximum Gasteiger partial charge on any atom is 0.367 e. The Labute approximate surface area is 201 Å². The summed E-state index contributed by atoms with van der Waals surface area (Å²) in [5, 5.41) is 2.83. The number of nitrogens with one attached hydrogen (secondary N) is 1. The molecule has 0 aromatic heterocycles. The molecule has 1 N–H and O–H groups in total. The number of carbonyl (C=O) groups is 3. The Kier molecular flexibility index (Phi) is 5.96. The lowest BCUT2D eigenvalue weighted by molar-refractivity contribution is -0.311. The fraction of sp³-hybridized carbons (Fsp3) is 0.400. The van der Waals surface area contributed by atoms with Crippen LogP contribution in [0.15, 0.2) is 48.5 Å². The number of esters is 2. The maximum atomic E-state index is 12.8. The highest BCUT2D eigenvalue weighted by Crippen LogP contribution is 2.56. The molecule has 35 heavy (non-hydrogen) atoms. The van der Waals surface area contributed by atoms with E-state index in [9.17, 15) is 14.4 Å². The fourth-order valence-corrected chi connectivity index (χ4v) is 5.02. The Hall–Kier alpha value is -3.47. The third-order valence-corrected chi connectivity index (χ3v) is 6.72. The van der Waals surface area contributed by atoms with Gasteiger partial charge in [-0.05, 0) is 48.4 Å². The highest BCUT2D eigenvalue weighted by atomic mass is 16.8. The zero-order valence-electron chi connectivity index (χ0n) is 19.4. The van der Waals surface area contributed by atoms with Crippen molar-refractivity contribution in [3.05, 3.63) is 59.7 Å². The SMILES string of the molecule is COC(=O)[C@]12O[C@@H](OC)[C@@H]3OC(=O)[C@H](C[C@H](c4ccc(NC(=O)c5ccc(OC)cc5)cc4)O1)[C@@H]32. The standard InChI is InChI=1S/C25H25NO9/c1-30-16-10-6-14(7-11-16)21(27)26-15-8-4-13(5-9-15)18-12-17-19-20(33-22(17)28)23(31-2)35-25(19,34-18)24(29)32-3/h4-11,17-20,23H,12H2,1-3H3,(H,26,27)/t17-,18-,19+,20-,23-,25+/m1/s1. The first-order valence-electron chi connectivity index (χ1n) is 11.1. The van der Waals surface area contributed by atoms with E-state index >= 15 is 0 Å². The number of carbonyl (C=O) groups excluding carboxylic acids is 3.